The topological polar surface area (TPSA) is 46.6 Å². The van der Waals surface area contributed by atoms with E-state index >= 15 is 0 Å². The Balaban J connectivity index is 1.96. The smallest absolute Gasteiger partial charge is 0.338 e. The molecule has 26 heavy (non-hydrogen) atoms. The fourth-order valence-corrected chi connectivity index (χ4v) is 2.25. The van der Waals surface area contributed by atoms with Gasteiger partial charge in [-0.3, -0.25) is 9.69 Å². The van der Waals surface area contributed by atoms with Crippen molar-refractivity contribution in [3.8, 4) is 12.0 Å². The van der Waals surface area contributed by atoms with Gasteiger partial charge in [-0.15, -0.1) is 0 Å². The van der Waals surface area contributed by atoms with Crippen LogP contribution >= 0.6 is 0 Å². The average Bonchev–Trinajstić information content (AvgIpc) is 2.70. The summed E-state index contributed by atoms with van der Waals surface area (Å²) in [5.74, 6) is 2.54. The first kappa shape index (κ1) is 19.3. The Labute approximate surface area is 154 Å². The second kappa shape index (κ2) is 10.7. The van der Waals surface area contributed by atoms with Crippen molar-refractivity contribution < 1.29 is 14.3 Å². The molecule has 1 amide bonds. The Morgan fingerprint density at radius 1 is 1.00 bits per heavy atom. The fourth-order valence-electron chi connectivity index (χ4n) is 2.25. The van der Waals surface area contributed by atoms with Gasteiger partial charge in [-0.05, 0) is 36.6 Å². The van der Waals surface area contributed by atoms with E-state index in [0.717, 1.165) is 18.4 Å². The number of carbonyl (C=O) groups is 2. The molecule has 0 atom stereocenters. The van der Waals surface area contributed by atoms with Gasteiger partial charge in [-0.2, -0.15) is 0 Å². The summed E-state index contributed by atoms with van der Waals surface area (Å²) in [4.78, 5) is 25.8. The first-order valence-electron chi connectivity index (χ1n) is 8.80. The number of rotatable bonds is 7. The maximum atomic E-state index is 12.4. The zero-order valence-corrected chi connectivity index (χ0v) is 15.0. The van der Waals surface area contributed by atoms with E-state index in [1.54, 1.807) is 24.3 Å². The van der Waals surface area contributed by atoms with Crippen molar-refractivity contribution >= 4 is 11.9 Å². The van der Waals surface area contributed by atoms with Crippen molar-refractivity contribution in [1.82, 2.24) is 4.90 Å². The average molecular weight is 349 g/mol. The summed E-state index contributed by atoms with van der Waals surface area (Å²) in [7, 11) is 0. The molecule has 2 aromatic carbocycles. The van der Waals surface area contributed by atoms with Crippen LogP contribution in [0.15, 0.2) is 60.7 Å². The van der Waals surface area contributed by atoms with E-state index in [1.807, 2.05) is 43.3 Å². The number of carbonyl (C=O) groups excluding carboxylic acids is 2. The molecule has 2 rings (SSSR count). The highest BCUT2D eigenvalue weighted by atomic mass is 16.5. The lowest BCUT2D eigenvalue weighted by molar-refractivity contribution is -0.128. The van der Waals surface area contributed by atoms with Gasteiger partial charge in [-0.25, -0.2) is 4.79 Å². The molecule has 0 unspecified atom stereocenters. The number of unbranched alkanes of at least 4 members (excludes halogenated alkanes) is 1. The molecule has 0 fully saturated rings. The lowest BCUT2D eigenvalue weighted by Crippen LogP contribution is -2.30. The van der Waals surface area contributed by atoms with Crippen LogP contribution < -0.4 is 0 Å². The molecule has 0 N–H and O–H groups in total. The van der Waals surface area contributed by atoms with Crippen LogP contribution in [0.2, 0.25) is 0 Å². The zero-order valence-electron chi connectivity index (χ0n) is 15.0. The number of nitrogens with zero attached hydrogens (tertiary/aromatic N) is 1. The number of amides is 1. The third-order valence-electron chi connectivity index (χ3n) is 3.71. The predicted molar refractivity (Wildman–Crippen MR) is 101 cm³/mol. The van der Waals surface area contributed by atoms with Crippen LogP contribution in [0.4, 0.5) is 0 Å². The largest absolute Gasteiger partial charge is 0.460 e. The van der Waals surface area contributed by atoms with Gasteiger partial charge in [0, 0.05) is 18.0 Å². The molecule has 134 valence electrons. The molecular weight excluding hydrogens is 326 g/mol. The number of esters is 1. The standard InChI is InChI=1S/C22H23NO3/c1-2-3-14-21(24)23(16-15-19-10-6-4-7-11-19)17-18-26-22(25)20-12-8-5-9-13-20/h4-13H,2-3,14,17-18H2,1H3. The summed E-state index contributed by atoms with van der Waals surface area (Å²) in [6, 6.07) is 21.2. The van der Waals surface area contributed by atoms with Crippen LogP contribution in [-0.2, 0) is 9.53 Å². The molecule has 0 aliphatic heterocycles. The Hall–Kier alpha value is -3.06. The number of ether oxygens (including phenoxy) is 1. The van der Waals surface area contributed by atoms with Crippen molar-refractivity contribution in [2.75, 3.05) is 13.2 Å². The summed E-state index contributed by atoms with van der Waals surface area (Å²) in [6.45, 7) is 2.39. The second-order valence-corrected chi connectivity index (χ2v) is 5.75. The van der Waals surface area contributed by atoms with Crippen molar-refractivity contribution in [2.24, 2.45) is 0 Å². The highest BCUT2D eigenvalue weighted by Gasteiger charge is 2.12. The maximum Gasteiger partial charge on any atom is 0.338 e. The van der Waals surface area contributed by atoms with Crippen LogP contribution in [0.5, 0.6) is 0 Å². The van der Waals surface area contributed by atoms with E-state index < -0.39 is 5.97 Å². The van der Waals surface area contributed by atoms with Gasteiger partial charge in [0.1, 0.15) is 6.61 Å². The van der Waals surface area contributed by atoms with Crippen molar-refractivity contribution in [3.05, 3.63) is 71.8 Å². The van der Waals surface area contributed by atoms with Gasteiger partial charge < -0.3 is 4.74 Å². The predicted octanol–water partition coefficient (Wildman–Crippen LogP) is 3.87. The van der Waals surface area contributed by atoms with Crippen molar-refractivity contribution in [3.63, 3.8) is 0 Å². The Morgan fingerprint density at radius 2 is 1.65 bits per heavy atom. The van der Waals surface area contributed by atoms with Crippen LogP contribution in [0, 0.1) is 12.0 Å². The molecule has 0 spiro atoms. The molecular formula is C22H23NO3. The summed E-state index contributed by atoms with van der Waals surface area (Å²) in [6.07, 6.45) is 2.19. The summed E-state index contributed by atoms with van der Waals surface area (Å²) < 4.78 is 5.26. The summed E-state index contributed by atoms with van der Waals surface area (Å²) >= 11 is 0. The minimum atomic E-state index is -0.400. The molecule has 0 saturated heterocycles. The molecule has 0 saturated carbocycles. The van der Waals surface area contributed by atoms with Gasteiger partial charge in [0.25, 0.3) is 0 Å². The molecule has 0 heterocycles. The first-order chi connectivity index (χ1) is 12.7. The van der Waals surface area contributed by atoms with Gasteiger partial charge in [0.2, 0.25) is 5.91 Å². The number of benzene rings is 2. The summed E-state index contributed by atoms with van der Waals surface area (Å²) in [5, 5.41) is 0. The SMILES string of the molecule is CCCCC(=O)N(C#Cc1ccccc1)CCOC(=O)c1ccccc1. The van der Waals surface area contributed by atoms with Crippen molar-refractivity contribution in [1.29, 1.82) is 0 Å². The van der Waals surface area contributed by atoms with Crippen LogP contribution in [-0.4, -0.2) is 29.9 Å². The van der Waals surface area contributed by atoms with E-state index in [9.17, 15) is 9.59 Å². The third-order valence-corrected chi connectivity index (χ3v) is 3.71. The fraction of sp³-hybridized carbons (Fsp3) is 0.273. The quantitative estimate of drug-likeness (QED) is 0.433. The van der Waals surface area contributed by atoms with Gasteiger partial charge in [0.15, 0.2) is 0 Å². The monoisotopic (exact) mass is 349 g/mol. The maximum absolute atomic E-state index is 12.4. The Morgan fingerprint density at radius 3 is 2.31 bits per heavy atom. The Bertz CT molecular complexity index is 760. The lowest BCUT2D eigenvalue weighted by atomic mass is 10.2. The Kier molecular flexibility index (Phi) is 7.95. The molecule has 0 aromatic heterocycles. The van der Waals surface area contributed by atoms with E-state index in [2.05, 4.69) is 12.0 Å². The van der Waals surface area contributed by atoms with Crippen LogP contribution in [0.3, 0.4) is 0 Å². The molecule has 0 radical (unpaired) electrons. The first-order valence-corrected chi connectivity index (χ1v) is 8.80. The van der Waals surface area contributed by atoms with Crippen LogP contribution in [0.25, 0.3) is 0 Å². The normalized spacial score (nSPS) is 9.73. The van der Waals surface area contributed by atoms with E-state index in [1.165, 1.54) is 4.90 Å². The molecule has 2 aromatic rings. The lowest BCUT2D eigenvalue weighted by Gasteiger charge is -2.15. The highest BCUT2D eigenvalue weighted by molar-refractivity contribution is 5.89. The molecule has 4 nitrogen and oxygen atoms in total. The minimum absolute atomic E-state index is 0.0500. The molecule has 4 heteroatoms. The third kappa shape index (κ3) is 6.45. The second-order valence-electron chi connectivity index (χ2n) is 5.75. The zero-order chi connectivity index (χ0) is 18.6. The molecule has 0 bridgehead atoms. The van der Waals surface area contributed by atoms with E-state index in [-0.39, 0.29) is 19.1 Å². The molecule has 0 aliphatic rings. The van der Waals surface area contributed by atoms with Gasteiger partial charge in [-0.1, -0.05) is 49.7 Å². The number of hydrogen-bond acceptors (Lipinski definition) is 3. The molecule has 0 aliphatic carbocycles. The van der Waals surface area contributed by atoms with Crippen LogP contribution in [0.1, 0.15) is 42.1 Å². The van der Waals surface area contributed by atoms with Gasteiger partial charge in [0.05, 0.1) is 12.1 Å². The minimum Gasteiger partial charge on any atom is -0.460 e. The van der Waals surface area contributed by atoms with Gasteiger partial charge >= 0.3 is 5.97 Å². The highest BCUT2D eigenvalue weighted by Crippen LogP contribution is 2.04. The van der Waals surface area contributed by atoms with E-state index in [4.69, 9.17) is 4.74 Å². The summed E-state index contributed by atoms with van der Waals surface area (Å²) in [5.41, 5.74) is 1.33. The van der Waals surface area contributed by atoms with Crippen molar-refractivity contribution in [2.45, 2.75) is 26.2 Å². The van der Waals surface area contributed by atoms with E-state index in [0.29, 0.717) is 12.0 Å². The number of hydrogen-bond donors (Lipinski definition) is 0.